The van der Waals surface area contributed by atoms with E-state index in [-0.39, 0.29) is 41.3 Å². The number of esters is 1. The summed E-state index contributed by atoms with van der Waals surface area (Å²) in [5.41, 5.74) is -1.04. The second kappa shape index (κ2) is 6.86. The Morgan fingerprint density at radius 2 is 2.09 bits per heavy atom. The Balaban J connectivity index is 1.56. The first-order valence-electron chi connectivity index (χ1n) is 11.5. The summed E-state index contributed by atoms with van der Waals surface area (Å²) in [6.07, 6.45) is 7.01. The molecule has 7 nitrogen and oxygen atoms in total. The normalized spacial score (nSPS) is 46.2. The van der Waals surface area contributed by atoms with Gasteiger partial charge in [0.1, 0.15) is 6.10 Å². The summed E-state index contributed by atoms with van der Waals surface area (Å²) in [7, 11) is 0. The molecule has 0 aromatic heterocycles. The van der Waals surface area contributed by atoms with Crippen LogP contribution in [0, 0.1) is 28.6 Å². The molecule has 0 saturated heterocycles. The van der Waals surface area contributed by atoms with Gasteiger partial charge in [-0.05, 0) is 49.7 Å². The molecule has 0 radical (unpaired) electrons. The molecule has 3 fully saturated rings. The van der Waals surface area contributed by atoms with Gasteiger partial charge < -0.3 is 14.6 Å². The van der Waals surface area contributed by atoms with E-state index in [0.29, 0.717) is 18.7 Å². The van der Waals surface area contributed by atoms with Gasteiger partial charge >= 0.3 is 5.97 Å². The number of rotatable bonds is 3. The highest BCUT2D eigenvalue weighted by atomic mass is 16.5. The van der Waals surface area contributed by atoms with Crippen LogP contribution in [0.3, 0.4) is 0 Å². The molecule has 1 heterocycles. The predicted molar refractivity (Wildman–Crippen MR) is 116 cm³/mol. The Kier molecular flexibility index (Phi) is 4.62. The SMILES string of the molecule is CC(=O)OCC(=O)[C@@]12N=C(C)O[C@@H]1C[C@H]1[C@H]3CCC4=CC(=O)C=C[C@]4(C)[C@H]3[C@@H](O)C[C@@]12C. The van der Waals surface area contributed by atoms with Crippen LogP contribution in [-0.4, -0.2) is 52.9 Å². The lowest BCUT2D eigenvalue weighted by atomic mass is 9.46. The average Bonchev–Trinajstić information content (AvgIpc) is 3.17. The minimum absolute atomic E-state index is 0.00898. The number of Topliss-reactive ketones (excluding diaryl/α,β-unsaturated/α-hetero) is 1. The van der Waals surface area contributed by atoms with Crippen molar-refractivity contribution in [3.05, 3.63) is 23.8 Å². The largest absolute Gasteiger partial charge is 0.475 e. The molecule has 5 aliphatic rings. The van der Waals surface area contributed by atoms with E-state index < -0.39 is 29.1 Å². The van der Waals surface area contributed by atoms with Gasteiger partial charge in [0, 0.05) is 30.6 Å². The maximum Gasteiger partial charge on any atom is 0.303 e. The molecule has 1 aliphatic heterocycles. The van der Waals surface area contributed by atoms with Gasteiger partial charge in [0.05, 0.1) is 6.10 Å². The number of ether oxygens (including phenoxy) is 2. The van der Waals surface area contributed by atoms with Crippen molar-refractivity contribution in [2.45, 2.75) is 71.1 Å². The van der Waals surface area contributed by atoms with Gasteiger partial charge in [0.2, 0.25) is 5.78 Å². The number of hydrogen-bond acceptors (Lipinski definition) is 7. The fraction of sp³-hybridized carbons (Fsp3) is 0.680. The number of allylic oxidation sites excluding steroid dienone is 4. The van der Waals surface area contributed by atoms with E-state index in [4.69, 9.17) is 14.5 Å². The number of fused-ring (bicyclic) bond motifs is 7. The second-order valence-electron chi connectivity index (χ2n) is 10.7. The third-order valence-corrected chi connectivity index (χ3v) is 9.17. The number of aliphatic imine (C=N–C) groups is 1. The number of ketones is 2. The molecular weight excluding hydrogens is 410 g/mol. The van der Waals surface area contributed by atoms with Gasteiger partial charge in [-0.15, -0.1) is 0 Å². The molecule has 32 heavy (non-hydrogen) atoms. The van der Waals surface area contributed by atoms with Crippen LogP contribution >= 0.6 is 0 Å². The van der Waals surface area contributed by atoms with Crippen LogP contribution in [-0.2, 0) is 23.9 Å². The minimum Gasteiger partial charge on any atom is -0.475 e. The van der Waals surface area contributed by atoms with Crippen LogP contribution < -0.4 is 0 Å². The Morgan fingerprint density at radius 1 is 1.34 bits per heavy atom. The van der Waals surface area contributed by atoms with Gasteiger partial charge in [-0.1, -0.05) is 25.5 Å². The van der Waals surface area contributed by atoms with Gasteiger partial charge in [0.15, 0.2) is 23.8 Å². The third-order valence-electron chi connectivity index (χ3n) is 9.17. The topological polar surface area (TPSA) is 102 Å². The molecule has 8 atom stereocenters. The molecular formula is C25H31NO6. The number of nitrogens with zero attached hydrogens (tertiary/aromatic N) is 1. The number of aliphatic hydroxyl groups excluding tert-OH is 1. The van der Waals surface area contributed by atoms with Crippen LogP contribution in [0.25, 0.3) is 0 Å². The molecule has 3 saturated carbocycles. The van der Waals surface area contributed by atoms with E-state index in [9.17, 15) is 19.5 Å². The fourth-order valence-corrected chi connectivity index (χ4v) is 7.97. The van der Waals surface area contributed by atoms with Crippen molar-refractivity contribution < 1.29 is 29.0 Å². The Labute approximate surface area is 187 Å². The number of aliphatic hydroxyl groups is 1. The van der Waals surface area contributed by atoms with Crippen molar-refractivity contribution in [1.29, 1.82) is 0 Å². The summed E-state index contributed by atoms with van der Waals surface area (Å²) in [6, 6.07) is 0. The summed E-state index contributed by atoms with van der Waals surface area (Å²) >= 11 is 0. The molecule has 0 aromatic rings. The van der Waals surface area contributed by atoms with Crippen molar-refractivity contribution in [1.82, 2.24) is 0 Å². The molecule has 5 rings (SSSR count). The van der Waals surface area contributed by atoms with Crippen molar-refractivity contribution in [3.63, 3.8) is 0 Å². The zero-order chi connectivity index (χ0) is 23.1. The molecule has 7 heteroatoms. The quantitative estimate of drug-likeness (QED) is 0.676. The summed E-state index contributed by atoms with van der Waals surface area (Å²) in [4.78, 5) is 41.7. The lowest BCUT2D eigenvalue weighted by molar-refractivity contribution is -0.155. The lowest BCUT2D eigenvalue weighted by Crippen LogP contribution is -2.62. The minimum atomic E-state index is -1.15. The van der Waals surface area contributed by atoms with Crippen LogP contribution in [0.2, 0.25) is 0 Å². The van der Waals surface area contributed by atoms with Crippen molar-refractivity contribution in [2.24, 2.45) is 33.6 Å². The zero-order valence-electron chi connectivity index (χ0n) is 19.1. The first kappa shape index (κ1) is 21.6. The maximum atomic E-state index is 13.5. The Morgan fingerprint density at radius 3 is 2.81 bits per heavy atom. The first-order chi connectivity index (χ1) is 15.0. The summed E-state index contributed by atoms with van der Waals surface area (Å²) in [6.45, 7) is 6.88. The lowest BCUT2D eigenvalue weighted by Gasteiger charge is -2.59. The zero-order valence-corrected chi connectivity index (χ0v) is 19.1. The molecule has 0 aromatic carbocycles. The smallest absolute Gasteiger partial charge is 0.303 e. The van der Waals surface area contributed by atoms with Crippen LogP contribution in [0.4, 0.5) is 0 Å². The number of carbonyl (C=O) groups excluding carboxylic acids is 3. The molecule has 0 unspecified atom stereocenters. The monoisotopic (exact) mass is 441 g/mol. The molecule has 4 aliphatic carbocycles. The van der Waals surface area contributed by atoms with E-state index in [1.165, 1.54) is 6.92 Å². The van der Waals surface area contributed by atoms with Crippen molar-refractivity contribution in [2.75, 3.05) is 6.61 Å². The predicted octanol–water partition coefficient (Wildman–Crippen LogP) is 2.56. The molecule has 172 valence electrons. The standard InChI is InChI=1S/C25H31NO6/c1-13-26-25(20(30)12-31-14(2)27)21(32-13)10-18-17-6-5-15-9-16(28)7-8-23(15,3)22(17)19(29)11-24(18,25)4/h7-9,17-19,21-22,29H,5-6,10-12H2,1-4H3/t17-,18+,19+,21-,22-,23+,24+,25-/m1/s1. The van der Waals surface area contributed by atoms with E-state index in [1.54, 1.807) is 19.1 Å². The molecule has 1 N–H and O–H groups in total. The summed E-state index contributed by atoms with van der Waals surface area (Å²) in [5.74, 6) is -0.0140. The van der Waals surface area contributed by atoms with Gasteiger partial charge in [-0.3, -0.25) is 14.4 Å². The summed E-state index contributed by atoms with van der Waals surface area (Å²) in [5, 5.41) is 11.6. The third kappa shape index (κ3) is 2.63. The highest BCUT2D eigenvalue weighted by Crippen LogP contribution is 2.69. The Hall–Kier alpha value is -2.28. The van der Waals surface area contributed by atoms with Crippen molar-refractivity contribution in [3.8, 4) is 0 Å². The molecule has 0 bridgehead atoms. The van der Waals surface area contributed by atoms with Crippen LogP contribution in [0.15, 0.2) is 28.8 Å². The fourth-order valence-electron chi connectivity index (χ4n) is 7.97. The average molecular weight is 442 g/mol. The highest BCUT2D eigenvalue weighted by Gasteiger charge is 2.74. The van der Waals surface area contributed by atoms with E-state index in [2.05, 4.69) is 13.8 Å². The highest BCUT2D eigenvalue weighted by molar-refractivity contribution is 6.01. The first-order valence-corrected chi connectivity index (χ1v) is 11.5. The Bertz CT molecular complexity index is 996. The van der Waals surface area contributed by atoms with E-state index in [0.717, 1.165) is 18.4 Å². The van der Waals surface area contributed by atoms with Crippen LogP contribution in [0.1, 0.15) is 53.4 Å². The second-order valence-corrected chi connectivity index (χ2v) is 10.7. The number of hydrogen-bond donors (Lipinski definition) is 1. The molecule has 0 amide bonds. The van der Waals surface area contributed by atoms with Gasteiger partial charge in [-0.2, -0.15) is 0 Å². The number of carbonyl (C=O) groups is 3. The van der Waals surface area contributed by atoms with Crippen molar-refractivity contribution >= 4 is 23.4 Å². The maximum absolute atomic E-state index is 13.5. The molecule has 0 spiro atoms. The van der Waals surface area contributed by atoms with E-state index >= 15 is 0 Å². The van der Waals surface area contributed by atoms with Gasteiger partial charge in [0.25, 0.3) is 0 Å². The van der Waals surface area contributed by atoms with Crippen LogP contribution in [0.5, 0.6) is 0 Å². The summed E-state index contributed by atoms with van der Waals surface area (Å²) < 4.78 is 11.2. The van der Waals surface area contributed by atoms with Gasteiger partial charge in [-0.25, -0.2) is 4.99 Å². The van der Waals surface area contributed by atoms with E-state index in [1.807, 2.05) is 6.08 Å².